The van der Waals surface area contributed by atoms with E-state index in [4.69, 9.17) is 4.74 Å². The van der Waals surface area contributed by atoms with Gasteiger partial charge in [-0.2, -0.15) is 0 Å². The van der Waals surface area contributed by atoms with Crippen molar-refractivity contribution in [3.8, 4) is 5.75 Å². The van der Waals surface area contributed by atoms with E-state index in [9.17, 15) is 4.79 Å². The Morgan fingerprint density at radius 1 is 1.33 bits per heavy atom. The zero-order valence-electron chi connectivity index (χ0n) is 10.4. The van der Waals surface area contributed by atoms with E-state index in [0.29, 0.717) is 29.4 Å². The number of aryl methyl sites for hydroxylation is 1. The highest BCUT2D eigenvalue weighted by atomic mass is 16.5. The second-order valence-electron chi connectivity index (χ2n) is 3.78. The minimum Gasteiger partial charge on any atom is -0.494 e. The summed E-state index contributed by atoms with van der Waals surface area (Å²) < 4.78 is 5.37. The molecule has 1 aromatic heterocycles. The first-order chi connectivity index (χ1) is 8.70. The van der Waals surface area contributed by atoms with Crippen LogP contribution in [0.5, 0.6) is 5.75 Å². The third-order valence-electron chi connectivity index (χ3n) is 2.42. The molecule has 0 aliphatic rings. The summed E-state index contributed by atoms with van der Waals surface area (Å²) in [7, 11) is 0. The molecule has 0 radical (unpaired) electrons. The molecule has 0 aliphatic carbocycles. The molecule has 0 fully saturated rings. The summed E-state index contributed by atoms with van der Waals surface area (Å²) in [6.45, 7) is 4.24. The third kappa shape index (κ3) is 2.71. The zero-order chi connectivity index (χ0) is 13.0. The highest BCUT2D eigenvalue weighted by Gasteiger charge is 2.11. The minimum absolute atomic E-state index is 0.123. The van der Waals surface area contributed by atoms with Gasteiger partial charge in [0.05, 0.1) is 6.61 Å². The Morgan fingerprint density at radius 3 is 2.89 bits per heavy atom. The molecule has 92 valence electrons. The number of ketones is 1. The summed E-state index contributed by atoms with van der Waals surface area (Å²) in [5.74, 6) is 1.15. The Morgan fingerprint density at radius 2 is 2.17 bits per heavy atom. The number of benzene rings is 1. The van der Waals surface area contributed by atoms with E-state index in [1.165, 1.54) is 0 Å². The van der Waals surface area contributed by atoms with Crippen LogP contribution >= 0.6 is 0 Å². The molecule has 2 rings (SSSR count). The van der Waals surface area contributed by atoms with Crippen LogP contribution in [0, 0.1) is 6.92 Å². The van der Waals surface area contributed by atoms with Crippen LogP contribution in [0.15, 0.2) is 36.5 Å². The first-order valence-electron chi connectivity index (χ1n) is 5.78. The zero-order valence-corrected chi connectivity index (χ0v) is 10.4. The van der Waals surface area contributed by atoms with Crippen LogP contribution in [0.25, 0.3) is 0 Å². The lowest BCUT2D eigenvalue weighted by molar-refractivity contribution is 0.103. The molecular formula is C14H14N2O2. The van der Waals surface area contributed by atoms with Gasteiger partial charge in [-0.05, 0) is 32.0 Å². The standard InChI is InChI=1S/C14H14N2O2/c1-3-18-12-6-4-5-11(9-12)14(17)13-7-8-15-10(2)16-13/h4-9H,3H2,1-2H3. The molecule has 0 amide bonds. The van der Waals surface area contributed by atoms with E-state index in [2.05, 4.69) is 9.97 Å². The minimum atomic E-state index is -0.123. The van der Waals surface area contributed by atoms with E-state index >= 15 is 0 Å². The van der Waals surface area contributed by atoms with Gasteiger partial charge in [-0.3, -0.25) is 4.79 Å². The molecule has 18 heavy (non-hydrogen) atoms. The fourth-order valence-corrected chi connectivity index (χ4v) is 1.62. The van der Waals surface area contributed by atoms with Gasteiger partial charge in [0, 0.05) is 11.8 Å². The molecule has 0 atom stereocenters. The number of carbonyl (C=O) groups excluding carboxylic acids is 1. The molecular weight excluding hydrogens is 228 g/mol. The SMILES string of the molecule is CCOc1cccc(C(=O)c2ccnc(C)n2)c1. The van der Waals surface area contributed by atoms with Crippen molar-refractivity contribution in [2.45, 2.75) is 13.8 Å². The van der Waals surface area contributed by atoms with Gasteiger partial charge in [0.25, 0.3) is 0 Å². The monoisotopic (exact) mass is 242 g/mol. The first kappa shape index (κ1) is 12.2. The molecule has 0 saturated carbocycles. The predicted molar refractivity (Wildman–Crippen MR) is 67.8 cm³/mol. The van der Waals surface area contributed by atoms with Gasteiger partial charge >= 0.3 is 0 Å². The van der Waals surface area contributed by atoms with Crippen molar-refractivity contribution in [3.63, 3.8) is 0 Å². The highest BCUT2D eigenvalue weighted by Crippen LogP contribution is 2.15. The van der Waals surface area contributed by atoms with Crippen molar-refractivity contribution in [2.24, 2.45) is 0 Å². The van der Waals surface area contributed by atoms with Crippen molar-refractivity contribution in [2.75, 3.05) is 6.61 Å². The molecule has 0 N–H and O–H groups in total. The number of hydrogen-bond donors (Lipinski definition) is 0. The lowest BCUT2D eigenvalue weighted by atomic mass is 10.1. The average Bonchev–Trinajstić information content (AvgIpc) is 2.39. The van der Waals surface area contributed by atoms with Crippen LogP contribution < -0.4 is 4.74 Å². The molecule has 0 unspecified atom stereocenters. The Kier molecular flexibility index (Phi) is 3.67. The largest absolute Gasteiger partial charge is 0.494 e. The van der Waals surface area contributed by atoms with Gasteiger partial charge in [-0.15, -0.1) is 0 Å². The van der Waals surface area contributed by atoms with E-state index in [1.807, 2.05) is 13.0 Å². The molecule has 2 aromatic rings. The van der Waals surface area contributed by atoms with Crippen LogP contribution in [-0.2, 0) is 0 Å². The molecule has 0 bridgehead atoms. The normalized spacial score (nSPS) is 10.1. The Bertz CT molecular complexity index is 567. The average molecular weight is 242 g/mol. The number of ether oxygens (including phenoxy) is 1. The molecule has 4 heteroatoms. The maximum atomic E-state index is 12.2. The maximum Gasteiger partial charge on any atom is 0.211 e. The molecule has 0 spiro atoms. The lowest BCUT2D eigenvalue weighted by Gasteiger charge is -2.05. The van der Waals surface area contributed by atoms with Gasteiger partial charge in [0.2, 0.25) is 5.78 Å². The van der Waals surface area contributed by atoms with Gasteiger partial charge in [0.1, 0.15) is 17.3 Å². The van der Waals surface area contributed by atoms with Crippen LogP contribution in [0.3, 0.4) is 0 Å². The third-order valence-corrected chi connectivity index (χ3v) is 2.42. The fourth-order valence-electron chi connectivity index (χ4n) is 1.62. The second-order valence-corrected chi connectivity index (χ2v) is 3.78. The van der Waals surface area contributed by atoms with Crippen molar-refractivity contribution in [1.82, 2.24) is 9.97 Å². The van der Waals surface area contributed by atoms with Crippen LogP contribution in [0.2, 0.25) is 0 Å². The van der Waals surface area contributed by atoms with Gasteiger partial charge in [-0.1, -0.05) is 12.1 Å². The van der Waals surface area contributed by atoms with Crippen LogP contribution in [0.4, 0.5) is 0 Å². The number of hydrogen-bond acceptors (Lipinski definition) is 4. The summed E-state index contributed by atoms with van der Waals surface area (Å²) in [6.07, 6.45) is 1.59. The number of carbonyl (C=O) groups is 1. The van der Waals surface area contributed by atoms with Crippen LogP contribution in [0.1, 0.15) is 28.8 Å². The van der Waals surface area contributed by atoms with Crippen molar-refractivity contribution >= 4 is 5.78 Å². The van der Waals surface area contributed by atoms with E-state index in [-0.39, 0.29) is 5.78 Å². The van der Waals surface area contributed by atoms with Crippen molar-refractivity contribution in [1.29, 1.82) is 0 Å². The van der Waals surface area contributed by atoms with Gasteiger partial charge < -0.3 is 4.74 Å². The summed E-state index contributed by atoms with van der Waals surface area (Å²) in [5, 5.41) is 0. The molecule has 1 aromatic carbocycles. The number of rotatable bonds is 4. The Balaban J connectivity index is 2.31. The molecule has 4 nitrogen and oxygen atoms in total. The first-order valence-corrected chi connectivity index (χ1v) is 5.78. The molecule has 0 aliphatic heterocycles. The Hall–Kier alpha value is -2.23. The van der Waals surface area contributed by atoms with Crippen LogP contribution in [-0.4, -0.2) is 22.4 Å². The lowest BCUT2D eigenvalue weighted by Crippen LogP contribution is -2.06. The summed E-state index contributed by atoms with van der Waals surface area (Å²) >= 11 is 0. The number of aromatic nitrogens is 2. The van der Waals surface area contributed by atoms with E-state index < -0.39 is 0 Å². The second kappa shape index (κ2) is 5.40. The van der Waals surface area contributed by atoms with Crippen molar-refractivity contribution < 1.29 is 9.53 Å². The summed E-state index contributed by atoms with van der Waals surface area (Å²) in [4.78, 5) is 20.3. The topological polar surface area (TPSA) is 52.1 Å². The van der Waals surface area contributed by atoms with E-state index in [1.54, 1.807) is 37.4 Å². The highest BCUT2D eigenvalue weighted by molar-refractivity contribution is 6.07. The number of nitrogens with zero attached hydrogens (tertiary/aromatic N) is 2. The van der Waals surface area contributed by atoms with Crippen molar-refractivity contribution in [3.05, 3.63) is 53.6 Å². The molecule has 0 saturated heterocycles. The fraction of sp³-hybridized carbons (Fsp3) is 0.214. The maximum absolute atomic E-state index is 12.2. The quantitative estimate of drug-likeness (QED) is 0.772. The predicted octanol–water partition coefficient (Wildman–Crippen LogP) is 2.41. The smallest absolute Gasteiger partial charge is 0.211 e. The van der Waals surface area contributed by atoms with Gasteiger partial charge in [-0.25, -0.2) is 9.97 Å². The Labute approximate surface area is 106 Å². The summed E-state index contributed by atoms with van der Waals surface area (Å²) in [6, 6.07) is 8.71. The van der Waals surface area contributed by atoms with E-state index in [0.717, 1.165) is 0 Å². The molecule has 1 heterocycles. The van der Waals surface area contributed by atoms with Gasteiger partial charge in [0.15, 0.2) is 0 Å². The summed E-state index contributed by atoms with van der Waals surface area (Å²) in [5.41, 5.74) is 0.968.